The Morgan fingerprint density at radius 3 is 2.96 bits per heavy atom. The zero-order valence-corrected chi connectivity index (χ0v) is 16.3. The van der Waals surface area contributed by atoms with Gasteiger partial charge in [-0.3, -0.25) is 15.0 Å². The average molecular weight is 386 g/mol. The number of anilines is 1. The van der Waals surface area contributed by atoms with Crippen LogP contribution >= 0.6 is 0 Å². The van der Waals surface area contributed by atoms with Crippen molar-refractivity contribution in [2.24, 2.45) is 5.92 Å². The van der Waals surface area contributed by atoms with E-state index in [2.05, 4.69) is 32.2 Å². The summed E-state index contributed by atoms with van der Waals surface area (Å²) in [6, 6.07) is 5.23. The summed E-state index contributed by atoms with van der Waals surface area (Å²) in [6.45, 7) is 6.46. The lowest BCUT2D eigenvalue weighted by Gasteiger charge is -2.32. The Balaban J connectivity index is 1.62. The van der Waals surface area contributed by atoms with E-state index in [4.69, 9.17) is 4.52 Å². The summed E-state index contributed by atoms with van der Waals surface area (Å²) >= 11 is 0. The minimum atomic E-state index is -0.325. The van der Waals surface area contributed by atoms with Crippen molar-refractivity contribution < 1.29 is 9.45 Å². The maximum atomic E-state index is 11.7. The first kappa shape index (κ1) is 18.8. The number of benzene rings is 1. The number of nitrogens with zero attached hydrogens (tertiary/aromatic N) is 5. The molecule has 2 fully saturated rings. The highest BCUT2D eigenvalue weighted by Gasteiger charge is 2.28. The number of aromatic nitrogens is 2. The molecule has 1 N–H and O–H groups in total. The van der Waals surface area contributed by atoms with Gasteiger partial charge in [-0.2, -0.15) is 4.98 Å². The summed E-state index contributed by atoms with van der Waals surface area (Å²) in [5, 5.41) is 19.2. The number of nitro benzene ring substituents is 1. The summed E-state index contributed by atoms with van der Waals surface area (Å²) in [4.78, 5) is 20.2. The molecule has 1 aromatic heterocycles. The molecule has 0 aliphatic carbocycles. The Hall–Kier alpha value is -2.52. The molecule has 2 aliphatic rings. The van der Waals surface area contributed by atoms with Crippen molar-refractivity contribution in [3.8, 4) is 11.5 Å². The smallest absolute Gasteiger partial charge is 0.293 e. The van der Waals surface area contributed by atoms with Crippen molar-refractivity contribution in [1.29, 1.82) is 0 Å². The molecule has 150 valence electrons. The topological polar surface area (TPSA) is 101 Å². The third-order valence-corrected chi connectivity index (χ3v) is 5.67. The van der Waals surface area contributed by atoms with Gasteiger partial charge < -0.3 is 14.7 Å². The van der Waals surface area contributed by atoms with Crippen molar-refractivity contribution in [3.63, 3.8) is 0 Å². The Morgan fingerprint density at radius 2 is 2.21 bits per heavy atom. The summed E-state index contributed by atoms with van der Waals surface area (Å²) in [7, 11) is 2.03. The van der Waals surface area contributed by atoms with Crippen LogP contribution in [0, 0.1) is 16.0 Å². The van der Waals surface area contributed by atoms with Gasteiger partial charge in [0.05, 0.1) is 11.0 Å². The van der Waals surface area contributed by atoms with Gasteiger partial charge >= 0.3 is 0 Å². The van der Waals surface area contributed by atoms with E-state index in [-0.39, 0.29) is 16.7 Å². The zero-order chi connectivity index (χ0) is 19.7. The predicted molar refractivity (Wildman–Crippen MR) is 105 cm³/mol. The first-order valence-electron chi connectivity index (χ1n) is 9.81. The van der Waals surface area contributed by atoms with Crippen LogP contribution in [0.4, 0.5) is 11.4 Å². The SMILES string of the molecule is CC1CCCN(c2ccc(-c3nc(C4CNCCN4C)no3)cc2[N+](=O)[O-])C1. The lowest BCUT2D eigenvalue weighted by atomic mass is 9.99. The van der Waals surface area contributed by atoms with E-state index in [9.17, 15) is 10.1 Å². The number of rotatable bonds is 4. The average Bonchev–Trinajstić information content (AvgIpc) is 3.18. The molecule has 28 heavy (non-hydrogen) atoms. The second kappa shape index (κ2) is 7.84. The molecule has 0 spiro atoms. The van der Waals surface area contributed by atoms with Crippen molar-refractivity contribution >= 4 is 11.4 Å². The van der Waals surface area contributed by atoms with E-state index < -0.39 is 0 Å². The van der Waals surface area contributed by atoms with E-state index in [1.54, 1.807) is 6.07 Å². The van der Waals surface area contributed by atoms with Crippen molar-refractivity contribution in [1.82, 2.24) is 20.4 Å². The van der Waals surface area contributed by atoms with Gasteiger partial charge in [-0.15, -0.1) is 0 Å². The lowest BCUT2D eigenvalue weighted by Crippen LogP contribution is -2.44. The van der Waals surface area contributed by atoms with E-state index in [1.165, 1.54) is 0 Å². The fourth-order valence-electron chi connectivity index (χ4n) is 4.06. The summed E-state index contributed by atoms with van der Waals surface area (Å²) in [5.74, 6) is 1.45. The second-order valence-corrected chi connectivity index (χ2v) is 7.81. The van der Waals surface area contributed by atoms with Gasteiger partial charge in [0.1, 0.15) is 5.69 Å². The first-order valence-corrected chi connectivity index (χ1v) is 9.81. The molecule has 0 bridgehead atoms. The number of nitro groups is 1. The van der Waals surface area contributed by atoms with E-state index in [0.717, 1.165) is 45.6 Å². The normalized spacial score (nSPS) is 23.7. The molecular weight excluding hydrogens is 360 g/mol. The Kier molecular flexibility index (Phi) is 5.27. The molecule has 0 radical (unpaired) electrons. The molecular formula is C19H26N6O3. The number of nitrogens with one attached hydrogen (secondary N) is 1. The van der Waals surface area contributed by atoms with Crippen LogP contribution in [0.1, 0.15) is 31.6 Å². The first-order chi connectivity index (χ1) is 13.5. The quantitative estimate of drug-likeness (QED) is 0.632. The molecule has 2 unspecified atom stereocenters. The van der Waals surface area contributed by atoms with Crippen LogP contribution in [0.15, 0.2) is 22.7 Å². The molecule has 3 heterocycles. The number of likely N-dealkylation sites (N-methyl/N-ethyl adjacent to an activating group) is 1. The van der Waals surface area contributed by atoms with Gasteiger partial charge in [0.2, 0.25) is 0 Å². The fourth-order valence-corrected chi connectivity index (χ4v) is 4.06. The summed E-state index contributed by atoms with van der Waals surface area (Å²) in [5.41, 5.74) is 1.32. The standard InChI is InChI=1S/C19H26N6O3/c1-13-4-3-8-24(12-13)15-6-5-14(10-16(15)25(26)27)19-21-18(22-28-19)17-11-20-7-9-23(17)2/h5-6,10,13,17,20H,3-4,7-9,11-12H2,1-2H3. The van der Waals surface area contributed by atoms with Gasteiger partial charge in [0.25, 0.3) is 11.6 Å². The maximum absolute atomic E-state index is 11.7. The number of hydrogen-bond acceptors (Lipinski definition) is 8. The van der Waals surface area contributed by atoms with Gasteiger partial charge in [0, 0.05) is 44.4 Å². The molecule has 2 atom stereocenters. The van der Waals surface area contributed by atoms with Gasteiger partial charge in [0.15, 0.2) is 5.82 Å². The highest BCUT2D eigenvalue weighted by atomic mass is 16.6. The van der Waals surface area contributed by atoms with Crippen LogP contribution in [-0.4, -0.2) is 59.7 Å². The largest absolute Gasteiger partial charge is 0.366 e. The van der Waals surface area contributed by atoms with Crippen LogP contribution in [0.3, 0.4) is 0 Å². The molecule has 4 rings (SSSR count). The van der Waals surface area contributed by atoms with Crippen LogP contribution in [-0.2, 0) is 0 Å². The van der Waals surface area contributed by atoms with Crippen LogP contribution in [0.25, 0.3) is 11.5 Å². The highest BCUT2D eigenvalue weighted by molar-refractivity contribution is 5.71. The van der Waals surface area contributed by atoms with Crippen LogP contribution in [0.5, 0.6) is 0 Å². The molecule has 0 amide bonds. The van der Waals surface area contributed by atoms with Gasteiger partial charge in [-0.1, -0.05) is 12.1 Å². The summed E-state index contributed by atoms with van der Waals surface area (Å²) in [6.07, 6.45) is 2.22. The molecule has 9 heteroatoms. The molecule has 0 saturated carbocycles. The molecule has 9 nitrogen and oxygen atoms in total. The third-order valence-electron chi connectivity index (χ3n) is 5.67. The zero-order valence-electron chi connectivity index (χ0n) is 16.3. The van der Waals surface area contributed by atoms with E-state index >= 15 is 0 Å². The Labute approximate surface area is 163 Å². The Morgan fingerprint density at radius 1 is 1.36 bits per heavy atom. The predicted octanol–water partition coefficient (Wildman–Crippen LogP) is 2.46. The second-order valence-electron chi connectivity index (χ2n) is 7.81. The third kappa shape index (κ3) is 3.72. The fraction of sp³-hybridized carbons (Fsp3) is 0.579. The van der Waals surface area contributed by atoms with E-state index in [1.807, 2.05) is 19.2 Å². The molecule has 2 aromatic rings. The van der Waals surface area contributed by atoms with Gasteiger partial charge in [-0.25, -0.2) is 0 Å². The van der Waals surface area contributed by atoms with Crippen LogP contribution < -0.4 is 10.2 Å². The molecule has 1 aromatic carbocycles. The number of hydrogen-bond donors (Lipinski definition) is 1. The van der Waals surface area contributed by atoms with Crippen LogP contribution in [0.2, 0.25) is 0 Å². The van der Waals surface area contributed by atoms with Crippen molar-refractivity contribution in [2.75, 3.05) is 44.7 Å². The van der Waals surface area contributed by atoms with Crippen molar-refractivity contribution in [3.05, 3.63) is 34.1 Å². The number of piperazine rings is 1. The highest BCUT2D eigenvalue weighted by Crippen LogP contribution is 2.35. The monoisotopic (exact) mass is 386 g/mol. The molecule has 2 aliphatic heterocycles. The Bertz CT molecular complexity index is 854. The minimum absolute atomic E-state index is 0.0374. The van der Waals surface area contributed by atoms with Crippen molar-refractivity contribution in [2.45, 2.75) is 25.8 Å². The minimum Gasteiger partial charge on any atom is -0.366 e. The van der Waals surface area contributed by atoms with Gasteiger partial charge in [-0.05, 0) is 37.9 Å². The summed E-state index contributed by atoms with van der Waals surface area (Å²) < 4.78 is 5.44. The maximum Gasteiger partial charge on any atom is 0.293 e. The number of piperidine rings is 1. The molecule has 2 saturated heterocycles. The lowest BCUT2D eigenvalue weighted by molar-refractivity contribution is -0.384. The van der Waals surface area contributed by atoms with E-state index in [0.29, 0.717) is 28.9 Å².